The third-order valence-electron chi connectivity index (χ3n) is 3.18. The number of carboxylic acids is 1. The van der Waals surface area contributed by atoms with Gasteiger partial charge >= 0.3 is 5.97 Å². The number of nitrogens with one attached hydrogen (secondary N) is 2. The van der Waals surface area contributed by atoms with Gasteiger partial charge in [-0.15, -0.1) is 0 Å². The van der Waals surface area contributed by atoms with Crippen molar-refractivity contribution in [2.75, 3.05) is 36.5 Å². The third kappa shape index (κ3) is 5.53. The Bertz CT molecular complexity index is 478. The summed E-state index contributed by atoms with van der Waals surface area (Å²) in [5.41, 5.74) is 0.841. The lowest BCUT2D eigenvalue weighted by Crippen LogP contribution is -2.51. The molecule has 3 N–H and O–H groups in total. The first kappa shape index (κ1) is 16.1. The van der Waals surface area contributed by atoms with Crippen molar-refractivity contribution in [2.24, 2.45) is 0 Å². The zero-order valence-corrected chi connectivity index (χ0v) is 13.3. The van der Waals surface area contributed by atoms with Crippen molar-refractivity contribution in [3.63, 3.8) is 0 Å². The number of carbonyl (C=O) groups is 1. The minimum atomic E-state index is -0.884. The van der Waals surface area contributed by atoms with Crippen LogP contribution in [0.2, 0.25) is 0 Å². The summed E-state index contributed by atoms with van der Waals surface area (Å²) in [7, 11) is 0. The summed E-state index contributed by atoms with van der Waals surface area (Å²) in [4.78, 5) is 13.5. The number of benzene rings is 1. The number of thiocarbonyl (C=S) groups is 1. The van der Waals surface area contributed by atoms with Crippen LogP contribution >= 0.6 is 24.0 Å². The first-order chi connectivity index (χ1) is 10.1. The Morgan fingerprint density at radius 1 is 1.33 bits per heavy atom. The second kappa shape index (κ2) is 8.21. The summed E-state index contributed by atoms with van der Waals surface area (Å²) in [6, 6.07) is 8.76. The molecule has 1 aliphatic rings. The minimum absolute atomic E-state index is 0.333. The van der Waals surface area contributed by atoms with E-state index >= 15 is 0 Å². The van der Waals surface area contributed by atoms with Gasteiger partial charge in [-0.3, -0.25) is 4.90 Å². The van der Waals surface area contributed by atoms with Crippen LogP contribution in [0, 0.1) is 0 Å². The largest absolute Gasteiger partial charge is 0.480 e. The first-order valence-corrected chi connectivity index (χ1v) is 8.37. The van der Waals surface area contributed by atoms with Crippen LogP contribution in [0.5, 0.6) is 0 Å². The van der Waals surface area contributed by atoms with Gasteiger partial charge in [0.05, 0.1) is 0 Å². The fraction of sp³-hybridized carbons (Fsp3) is 0.429. The average molecular weight is 325 g/mol. The van der Waals surface area contributed by atoms with Crippen molar-refractivity contribution in [3.8, 4) is 0 Å². The topological polar surface area (TPSA) is 64.6 Å². The van der Waals surface area contributed by atoms with E-state index in [0.29, 0.717) is 11.7 Å². The molecule has 1 unspecified atom stereocenters. The van der Waals surface area contributed by atoms with Gasteiger partial charge in [-0.1, -0.05) is 18.2 Å². The van der Waals surface area contributed by atoms with Crippen LogP contribution in [0.4, 0.5) is 5.69 Å². The van der Waals surface area contributed by atoms with Crippen LogP contribution in [0.1, 0.15) is 0 Å². The Kier molecular flexibility index (Phi) is 6.28. The molecule has 1 atom stereocenters. The van der Waals surface area contributed by atoms with Gasteiger partial charge < -0.3 is 15.7 Å². The van der Waals surface area contributed by atoms with Crippen LogP contribution in [0.3, 0.4) is 0 Å². The SMILES string of the molecule is O=C(O)C(CN1CCSCC1)NC(=S)Nc1ccccc1. The highest BCUT2D eigenvalue weighted by atomic mass is 32.2. The predicted octanol–water partition coefficient (Wildman–Crippen LogP) is 1.47. The highest BCUT2D eigenvalue weighted by Crippen LogP contribution is 2.10. The molecule has 1 aliphatic heterocycles. The molecule has 5 nitrogen and oxygen atoms in total. The van der Waals surface area contributed by atoms with Crippen LogP contribution < -0.4 is 10.6 Å². The van der Waals surface area contributed by atoms with E-state index in [1.165, 1.54) is 0 Å². The highest BCUT2D eigenvalue weighted by molar-refractivity contribution is 7.99. The summed E-state index contributed by atoms with van der Waals surface area (Å²) in [5, 5.41) is 15.6. The fourth-order valence-electron chi connectivity index (χ4n) is 2.07. The van der Waals surface area contributed by atoms with E-state index in [4.69, 9.17) is 12.2 Å². The van der Waals surface area contributed by atoms with E-state index in [2.05, 4.69) is 15.5 Å². The molecule has 1 aromatic rings. The van der Waals surface area contributed by atoms with Gasteiger partial charge in [0.1, 0.15) is 6.04 Å². The number of nitrogens with zero attached hydrogens (tertiary/aromatic N) is 1. The van der Waals surface area contributed by atoms with Crippen molar-refractivity contribution in [2.45, 2.75) is 6.04 Å². The molecule has 2 rings (SSSR count). The second-order valence-corrected chi connectivity index (χ2v) is 6.40. The highest BCUT2D eigenvalue weighted by Gasteiger charge is 2.23. The summed E-state index contributed by atoms with van der Waals surface area (Å²) in [6.07, 6.45) is 0. The van der Waals surface area contributed by atoms with E-state index < -0.39 is 12.0 Å². The molecule has 0 spiro atoms. The van der Waals surface area contributed by atoms with Gasteiger partial charge in [-0.2, -0.15) is 11.8 Å². The van der Waals surface area contributed by atoms with Crippen LogP contribution in [0.25, 0.3) is 0 Å². The van der Waals surface area contributed by atoms with Gasteiger partial charge in [0.25, 0.3) is 0 Å². The molecule has 1 fully saturated rings. The predicted molar refractivity (Wildman–Crippen MR) is 91.0 cm³/mol. The van der Waals surface area contributed by atoms with Gasteiger partial charge in [-0.25, -0.2) is 4.79 Å². The number of anilines is 1. The van der Waals surface area contributed by atoms with Crippen molar-refractivity contribution < 1.29 is 9.90 Å². The third-order valence-corrected chi connectivity index (χ3v) is 4.34. The smallest absolute Gasteiger partial charge is 0.327 e. The van der Waals surface area contributed by atoms with Crippen LogP contribution in [-0.2, 0) is 4.79 Å². The molecule has 1 aromatic carbocycles. The van der Waals surface area contributed by atoms with Gasteiger partial charge in [0.15, 0.2) is 5.11 Å². The molecule has 0 amide bonds. The Balaban J connectivity index is 1.86. The maximum Gasteiger partial charge on any atom is 0.327 e. The molecule has 0 bridgehead atoms. The summed E-state index contributed by atoms with van der Waals surface area (Å²) in [5.74, 6) is 1.23. The number of para-hydroxylation sites is 1. The van der Waals surface area contributed by atoms with E-state index in [0.717, 1.165) is 30.3 Å². The number of hydrogen-bond acceptors (Lipinski definition) is 4. The minimum Gasteiger partial charge on any atom is -0.480 e. The number of carboxylic acid groups (broad SMARTS) is 1. The van der Waals surface area contributed by atoms with Crippen molar-refractivity contribution in [3.05, 3.63) is 30.3 Å². The van der Waals surface area contributed by atoms with E-state index in [-0.39, 0.29) is 0 Å². The molecule has 0 aromatic heterocycles. The molecule has 0 aliphatic carbocycles. The molecule has 0 saturated carbocycles. The van der Waals surface area contributed by atoms with E-state index in [9.17, 15) is 9.90 Å². The Morgan fingerprint density at radius 2 is 2.00 bits per heavy atom. The number of rotatable bonds is 5. The second-order valence-electron chi connectivity index (χ2n) is 4.77. The van der Waals surface area contributed by atoms with E-state index in [1.807, 2.05) is 42.1 Å². The summed E-state index contributed by atoms with van der Waals surface area (Å²) < 4.78 is 0. The maximum absolute atomic E-state index is 11.4. The Labute approximate surface area is 134 Å². The quantitative estimate of drug-likeness (QED) is 0.709. The standard InChI is InChI=1S/C14H19N3O2S2/c18-13(19)12(10-17-6-8-21-9-7-17)16-14(20)15-11-4-2-1-3-5-11/h1-5,12H,6-10H2,(H,18,19)(H2,15,16,20). The molecular weight excluding hydrogens is 306 g/mol. The first-order valence-electron chi connectivity index (χ1n) is 6.80. The molecule has 114 valence electrons. The van der Waals surface area contributed by atoms with Crippen LogP contribution in [0.15, 0.2) is 30.3 Å². The maximum atomic E-state index is 11.4. The van der Waals surface area contributed by atoms with Gasteiger partial charge in [0, 0.05) is 36.8 Å². The van der Waals surface area contributed by atoms with Crippen molar-refractivity contribution >= 4 is 40.7 Å². The molecular formula is C14H19N3O2S2. The lowest BCUT2D eigenvalue weighted by Gasteiger charge is -2.29. The molecule has 21 heavy (non-hydrogen) atoms. The van der Waals surface area contributed by atoms with Gasteiger partial charge in [0.2, 0.25) is 0 Å². The fourth-order valence-corrected chi connectivity index (χ4v) is 3.31. The van der Waals surface area contributed by atoms with E-state index in [1.54, 1.807) is 0 Å². The Hall–Kier alpha value is -1.31. The van der Waals surface area contributed by atoms with Crippen molar-refractivity contribution in [1.29, 1.82) is 0 Å². The lowest BCUT2D eigenvalue weighted by atomic mass is 10.2. The normalized spacial score (nSPS) is 17.0. The zero-order valence-electron chi connectivity index (χ0n) is 11.6. The molecule has 1 heterocycles. The lowest BCUT2D eigenvalue weighted by molar-refractivity contribution is -0.139. The monoisotopic (exact) mass is 325 g/mol. The Morgan fingerprint density at radius 3 is 2.62 bits per heavy atom. The number of thioether (sulfide) groups is 1. The number of hydrogen-bond donors (Lipinski definition) is 3. The molecule has 1 saturated heterocycles. The molecule has 0 radical (unpaired) electrons. The zero-order chi connectivity index (χ0) is 15.1. The average Bonchev–Trinajstić information content (AvgIpc) is 2.48. The summed E-state index contributed by atoms with van der Waals surface area (Å²) in [6.45, 7) is 2.32. The number of aliphatic carboxylic acids is 1. The van der Waals surface area contributed by atoms with Crippen molar-refractivity contribution in [1.82, 2.24) is 10.2 Å². The van der Waals surface area contributed by atoms with Gasteiger partial charge in [-0.05, 0) is 24.4 Å². The molecule has 7 heteroatoms. The summed E-state index contributed by atoms with van der Waals surface area (Å²) >= 11 is 7.09. The van der Waals surface area contributed by atoms with Crippen LogP contribution in [-0.4, -0.2) is 58.3 Å².